The highest BCUT2D eigenvalue weighted by Crippen LogP contribution is 2.27. The highest BCUT2D eigenvalue weighted by atomic mass is 16.4. The second kappa shape index (κ2) is 9.36. The average Bonchev–Trinajstić information content (AvgIpc) is 2.87. The molecule has 0 aliphatic carbocycles. The van der Waals surface area contributed by atoms with Gasteiger partial charge in [0.1, 0.15) is 5.54 Å². The van der Waals surface area contributed by atoms with E-state index in [-0.39, 0.29) is 18.3 Å². The molecule has 0 bridgehead atoms. The van der Waals surface area contributed by atoms with E-state index in [1.54, 1.807) is 0 Å². The first-order valence-electron chi connectivity index (χ1n) is 8.57. The molecule has 1 amide bonds. The molecule has 24 heavy (non-hydrogen) atoms. The Morgan fingerprint density at radius 1 is 1.38 bits per heavy atom. The predicted octanol–water partition coefficient (Wildman–Crippen LogP) is -0.696. The molecule has 138 valence electrons. The van der Waals surface area contributed by atoms with Gasteiger partial charge >= 0.3 is 13.1 Å². The Balaban J connectivity index is 2.52. The van der Waals surface area contributed by atoms with Gasteiger partial charge < -0.3 is 26.2 Å². The Hall–Kier alpha value is -1.16. The number of aliphatic carboxylic acids is 1. The molecule has 7 N–H and O–H groups in total. The summed E-state index contributed by atoms with van der Waals surface area (Å²) in [5, 5.41) is 33.1. The van der Waals surface area contributed by atoms with Gasteiger partial charge in [-0.05, 0) is 31.5 Å². The molecule has 1 rings (SSSR count). The molecule has 3 atom stereocenters. The molecule has 1 aliphatic heterocycles. The highest BCUT2D eigenvalue weighted by molar-refractivity contribution is 6.40. The van der Waals surface area contributed by atoms with E-state index in [1.807, 2.05) is 13.8 Å². The van der Waals surface area contributed by atoms with Crippen LogP contribution >= 0.6 is 0 Å². The summed E-state index contributed by atoms with van der Waals surface area (Å²) in [6, 6.07) is -0.855. The number of nitrogens with two attached hydrogens (primary N) is 1. The second-order valence-corrected chi connectivity index (χ2v) is 7.14. The largest absolute Gasteiger partial charge is 0.480 e. The van der Waals surface area contributed by atoms with E-state index in [0.717, 1.165) is 0 Å². The van der Waals surface area contributed by atoms with Crippen LogP contribution in [0.1, 0.15) is 46.0 Å². The fourth-order valence-electron chi connectivity index (χ4n) is 3.12. The van der Waals surface area contributed by atoms with Crippen LogP contribution in [0.4, 0.5) is 0 Å². The van der Waals surface area contributed by atoms with E-state index < -0.39 is 24.7 Å². The van der Waals surface area contributed by atoms with Crippen LogP contribution in [0, 0.1) is 5.92 Å². The van der Waals surface area contributed by atoms with Crippen LogP contribution in [0.15, 0.2) is 0 Å². The molecule has 9 heteroatoms. The standard InChI is InChI=1S/C15H30BN3O5/c1-10(2)7-12(17)13(20)19-11-8-15(14(21)22,18-9-11)5-3-4-6-16(23)24/h10-12,18,23-24H,3-9,17H2,1-2H3,(H,19,20)(H,21,22)/t11-,12+,15-/m1/s1. The predicted molar refractivity (Wildman–Crippen MR) is 91.2 cm³/mol. The first kappa shape index (κ1) is 20.9. The number of hydrogen-bond acceptors (Lipinski definition) is 6. The molecular weight excluding hydrogens is 313 g/mol. The summed E-state index contributed by atoms with van der Waals surface area (Å²) in [4.78, 5) is 23.7. The number of amides is 1. The van der Waals surface area contributed by atoms with E-state index in [1.165, 1.54) is 0 Å². The normalized spacial score (nSPS) is 24.8. The number of carbonyl (C=O) groups excluding carboxylic acids is 1. The molecule has 0 spiro atoms. The third-order valence-electron chi connectivity index (χ3n) is 4.42. The van der Waals surface area contributed by atoms with Gasteiger partial charge in [-0.1, -0.05) is 26.7 Å². The van der Waals surface area contributed by atoms with Gasteiger partial charge in [-0.2, -0.15) is 0 Å². The first-order chi connectivity index (χ1) is 11.2. The van der Waals surface area contributed by atoms with Gasteiger partial charge in [0.15, 0.2) is 0 Å². The van der Waals surface area contributed by atoms with Crippen LogP contribution in [-0.4, -0.2) is 58.3 Å². The number of unbranched alkanes of at least 4 members (excludes halogenated alkanes) is 1. The molecule has 0 saturated carbocycles. The lowest BCUT2D eigenvalue weighted by molar-refractivity contribution is -0.144. The average molecular weight is 343 g/mol. The van der Waals surface area contributed by atoms with Crippen molar-refractivity contribution in [3.8, 4) is 0 Å². The molecule has 1 saturated heterocycles. The molecule has 0 aromatic heterocycles. The van der Waals surface area contributed by atoms with E-state index in [2.05, 4.69) is 10.6 Å². The van der Waals surface area contributed by atoms with Crippen molar-refractivity contribution in [1.82, 2.24) is 10.6 Å². The van der Waals surface area contributed by atoms with E-state index >= 15 is 0 Å². The van der Waals surface area contributed by atoms with Crippen molar-refractivity contribution in [2.45, 2.75) is 69.9 Å². The summed E-state index contributed by atoms with van der Waals surface area (Å²) in [5.41, 5.74) is 4.77. The van der Waals surface area contributed by atoms with Crippen LogP contribution in [0.3, 0.4) is 0 Å². The maximum atomic E-state index is 12.1. The SMILES string of the molecule is CC(C)C[C@H](N)C(=O)N[C@H]1CN[C@@](CCCCB(O)O)(C(=O)O)C1. The fraction of sp³-hybridized carbons (Fsp3) is 0.867. The van der Waals surface area contributed by atoms with E-state index in [4.69, 9.17) is 15.8 Å². The van der Waals surface area contributed by atoms with Crippen LogP contribution in [0.25, 0.3) is 0 Å². The topological polar surface area (TPSA) is 145 Å². The maximum absolute atomic E-state index is 12.1. The lowest BCUT2D eigenvalue weighted by atomic mass is 9.81. The zero-order valence-electron chi connectivity index (χ0n) is 14.5. The Morgan fingerprint density at radius 2 is 2.04 bits per heavy atom. The van der Waals surface area contributed by atoms with Crippen molar-refractivity contribution in [3.63, 3.8) is 0 Å². The highest BCUT2D eigenvalue weighted by Gasteiger charge is 2.45. The minimum absolute atomic E-state index is 0.222. The van der Waals surface area contributed by atoms with Crippen LogP contribution in [-0.2, 0) is 9.59 Å². The van der Waals surface area contributed by atoms with E-state index in [0.29, 0.717) is 44.6 Å². The molecule has 0 radical (unpaired) electrons. The molecular formula is C15H30BN3O5. The monoisotopic (exact) mass is 343 g/mol. The van der Waals surface area contributed by atoms with Crippen LogP contribution < -0.4 is 16.4 Å². The summed E-state index contributed by atoms with van der Waals surface area (Å²) in [5.74, 6) is -0.886. The minimum atomic E-state index is -1.36. The van der Waals surface area contributed by atoms with Crippen molar-refractivity contribution in [2.24, 2.45) is 11.7 Å². The number of hydrogen-bond donors (Lipinski definition) is 6. The third kappa shape index (κ3) is 6.39. The zero-order valence-corrected chi connectivity index (χ0v) is 14.5. The Bertz CT molecular complexity index is 435. The van der Waals surface area contributed by atoms with Crippen molar-refractivity contribution >= 4 is 19.0 Å². The molecule has 8 nitrogen and oxygen atoms in total. The van der Waals surface area contributed by atoms with Crippen molar-refractivity contribution in [1.29, 1.82) is 0 Å². The molecule has 1 fully saturated rings. The van der Waals surface area contributed by atoms with Gasteiger partial charge in [-0.15, -0.1) is 0 Å². The third-order valence-corrected chi connectivity index (χ3v) is 4.42. The van der Waals surface area contributed by atoms with Gasteiger partial charge in [-0.3, -0.25) is 14.9 Å². The van der Waals surface area contributed by atoms with Crippen LogP contribution in [0.2, 0.25) is 6.32 Å². The second-order valence-electron chi connectivity index (χ2n) is 7.14. The Morgan fingerprint density at radius 3 is 2.58 bits per heavy atom. The fourth-order valence-corrected chi connectivity index (χ4v) is 3.12. The van der Waals surface area contributed by atoms with Crippen molar-refractivity contribution < 1.29 is 24.7 Å². The number of rotatable bonds is 10. The smallest absolute Gasteiger partial charge is 0.451 e. The van der Waals surface area contributed by atoms with Crippen molar-refractivity contribution in [2.75, 3.05) is 6.54 Å². The molecule has 0 aromatic carbocycles. The molecule has 1 heterocycles. The summed E-state index contributed by atoms with van der Waals surface area (Å²) in [6.45, 7) is 4.36. The lowest BCUT2D eigenvalue weighted by Crippen LogP contribution is -2.48. The van der Waals surface area contributed by atoms with Gasteiger partial charge in [0, 0.05) is 12.6 Å². The summed E-state index contributed by atoms with van der Waals surface area (Å²) in [7, 11) is -1.36. The van der Waals surface area contributed by atoms with Gasteiger partial charge in [0.2, 0.25) is 5.91 Å². The van der Waals surface area contributed by atoms with Gasteiger partial charge in [0.05, 0.1) is 6.04 Å². The Labute approximate surface area is 143 Å². The summed E-state index contributed by atoms with van der Waals surface area (Å²) >= 11 is 0. The lowest BCUT2D eigenvalue weighted by Gasteiger charge is -2.25. The number of carboxylic acids is 1. The maximum Gasteiger partial charge on any atom is 0.451 e. The quantitative estimate of drug-likeness (QED) is 0.227. The van der Waals surface area contributed by atoms with Gasteiger partial charge in [-0.25, -0.2) is 0 Å². The number of carboxylic acid groups (broad SMARTS) is 1. The molecule has 0 unspecified atom stereocenters. The van der Waals surface area contributed by atoms with Gasteiger partial charge in [0.25, 0.3) is 0 Å². The zero-order chi connectivity index (χ0) is 18.3. The summed E-state index contributed by atoms with van der Waals surface area (Å²) < 4.78 is 0. The number of carbonyl (C=O) groups is 2. The molecule has 0 aromatic rings. The molecule has 1 aliphatic rings. The Kier molecular flexibility index (Phi) is 8.15. The summed E-state index contributed by atoms with van der Waals surface area (Å²) in [6.07, 6.45) is 2.57. The first-order valence-corrected chi connectivity index (χ1v) is 8.57. The minimum Gasteiger partial charge on any atom is -0.480 e. The van der Waals surface area contributed by atoms with Crippen LogP contribution in [0.5, 0.6) is 0 Å². The number of nitrogens with one attached hydrogen (secondary N) is 2. The van der Waals surface area contributed by atoms with Crippen molar-refractivity contribution in [3.05, 3.63) is 0 Å². The van der Waals surface area contributed by atoms with E-state index in [9.17, 15) is 14.7 Å².